The van der Waals surface area contributed by atoms with E-state index in [-0.39, 0.29) is 29.1 Å². The normalized spacial score (nSPS) is 23.2. The second-order valence-corrected chi connectivity index (χ2v) is 9.84. The van der Waals surface area contributed by atoms with Gasteiger partial charge in [-0.15, -0.1) is 0 Å². The third-order valence-corrected chi connectivity index (χ3v) is 7.26. The Morgan fingerprint density at radius 2 is 1.72 bits per heavy atom. The van der Waals surface area contributed by atoms with Crippen molar-refractivity contribution in [2.24, 2.45) is 17.8 Å². The molecule has 0 bridgehead atoms. The van der Waals surface area contributed by atoms with Gasteiger partial charge in [0.05, 0.1) is 23.1 Å². The second kappa shape index (κ2) is 8.53. The van der Waals surface area contributed by atoms with E-state index in [1.165, 1.54) is 10.5 Å². The molecule has 1 saturated carbocycles. The molecule has 4 rings (SSSR count). The number of benzene rings is 2. The lowest BCUT2D eigenvalue weighted by molar-refractivity contribution is -0.122. The summed E-state index contributed by atoms with van der Waals surface area (Å²) in [6, 6.07) is 14.2. The zero-order chi connectivity index (χ0) is 23.0. The number of esters is 1. The van der Waals surface area contributed by atoms with Gasteiger partial charge < -0.3 is 4.74 Å². The Balaban J connectivity index is 1.51. The smallest absolute Gasteiger partial charge is 0.343 e. The van der Waals surface area contributed by atoms with Gasteiger partial charge in [-0.2, -0.15) is 0 Å². The van der Waals surface area contributed by atoms with Gasteiger partial charge in [0.25, 0.3) is 0 Å². The maximum atomic E-state index is 13.0. The van der Waals surface area contributed by atoms with Crippen LogP contribution >= 0.6 is 0 Å². The minimum Gasteiger partial charge on any atom is -0.423 e. The molecule has 0 aromatic heterocycles. The van der Waals surface area contributed by atoms with Gasteiger partial charge in [-0.3, -0.25) is 14.5 Å². The molecule has 0 radical (unpaired) electrons. The monoisotopic (exact) mass is 433 g/mol. The average molecular weight is 434 g/mol. The first-order chi connectivity index (χ1) is 15.2. The number of amides is 2. The molecule has 2 aliphatic rings. The quantitative estimate of drug-likeness (QED) is 0.354. The van der Waals surface area contributed by atoms with Gasteiger partial charge in [-0.1, -0.05) is 45.9 Å². The maximum absolute atomic E-state index is 13.0. The van der Waals surface area contributed by atoms with E-state index in [1.807, 2.05) is 12.1 Å². The SMILES string of the molecule is CCC(C)(C)c1ccc(OC(=O)c2cccc(N3C(=O)C4CCC(C)CC4C3=O)c2)cc1. The van der Waals surface area contributed by atoms with Crippen LogP contribution in [0.2, 0.25) is 0 Å². The third-order valence-electron chi connectivity index (χ3n) is 7.26. The molecule has 3 atom stereocenters. The predicted molar refractivity (Wildman–Crippen MR) is 124 cm³/mol. The van der Waals surface area contributed by atoms with Gasteiger partial charge in [0.15, 0.2) is 0 Å². The Bertz CT molecular complexity index is 1040. The summed E-state index contributed by atoms with van der Waals surface area (Å²) in [6.07, 6.45) is 3.47. The largest absolute Gasteiger partial charge is 0.423 e. The second-order valence-electron chi connectivity index (χ2n) is 9.84. The van der Waals surface area contributed by atoms with Crippen LogP contribution in [-0.2, 0) is 15.0 Å². The summed E-state index contributed by atoms with van der Waals surface area (Å²) >= 11 is 0. The Labute approximate surface area is 189 Å². The first-order valence-electron chi connectivity index (χ1n) is 11.5. The number of carbonyl (C=O) groups is 3. The molecule has 1 aliphatic heterocycles. The highest BCUT2D eigenvalue weighted by atomic mass is 16.5. The summed E-state index contributed by atoms with van der Waals surface area (Å²) in [7, 11) is 0. The van der Waals surface area contributed by atoms with Crippen LogP contribution in [-0.4, -0.2) is 17.8 Å². The molecule has 168 valence electrons. The molecule has 2 aromatic carbocycles. The van der Waals surface area contributed by atoms with E-state index in [2.05, 4.69) is 27.7 Å². The van der Waals surface area contributed by atoms with E-state index >= 15 is 0 Å². The lowest BCUT2D eigenvalue weighted by Crippen LogP contribution is -2.31. The number of carbonyl (C=O) groups excluding carboxylic acids is 3. The summed E-state index contributed by atoms with van der Waals surface area (Å²) in [6.45, 7) is 8.63. The number of imide groups is 1. The van der Waals surface area contributed by atoms with Crippen LogP contribution in [0.5, 0.6) is 5.75 Å². The fourth-order valence-electron chi connectivity index (χ4n) is 4.76. The van der Waals surface area contributed by atoms with Crippen molar-refractivity contribution >= 4 is 23.5 Å². The number of rotatable bonds is 5. The van der Waals surface area contributed by atoms with Crippen LogP contribution in [0, 0.1) is 17.8 Å². The van der Waals surface area contributed by atoms with Crippen molar-refractivity contribution in [3.63, 3.8) is 0 Å². The van der Waals surface area contributed by atoms with Gasteiger partial charge in [0.1, 0.15) is 5.75 Å². The van der Waals surface area contributed by atoms with Crippen molar-refractivity contribution in [3.8, 4) is 5.75 Å². The van der Waals surface area contributed by atoms with Crippen LogP contribution in [0.25, 0.3) is 0 Å². The summed E-state index contributed by atoms with van der Waals surface area (Å²) < 4.78 is 5.55. The van der Waals surface area contributed by atoms with Crippen LogP contribution in [0.15, 0.2) is 48.5 Å². The minimum atomic E-state index is -0.514. The Morgan fingerprint density at radius 3 is 2.41 bits per heavy atom. The molecule has 1 heterocycles. The van der Waals surface area contributed by atoms with Crippen molar-refractivity contribution in [2.75, 3.05) is 4.90 Å². The molecule has 5 heteroatoms. The van der Waals surface area contributed by atoms with Gasteiger partial charge in [-0.25, -0.2) is 4.79 Å². The van der Waals surface area contributed by atoms with Gasteiger partial charge in [0, 0.05) is 0 Å². The molecule has 3 unspecified atom stereocenters. The van der Waals surface area contributed by atoms with Crippen LogP contribution < -0.4 is 9.64 Å². The van der Waals surface area contributed by atoms with Gasteiger partial charge in [-0.05, 0) is 72.9 Å². The lowest BCUT2D eigenvalue weighted by Gasteiger charge is -2.25. The highest BCUT2D eigenvalue weighted by Gasteiger charge is 2.50. The number of hydrogen-bond donors (Lipinski definition) is 0. The summed E-state index contributed by atoms with van der Waals surface area (Å²) in [5.74, 6) is -0.377. The van der Waals surface area contributed by atoms with E-state index < -0.39 is 5.97 Å². The van der Waals surface area contributed by atoms with E-state index in [4.69, 9.17) is 4.74 Å². The summed E-state index contributed by atoms with van der Waals surface area (Å²) in [5.41, 5.74) is 1.99. The molecule has 0 N–H and O–H groups in total. The maximum Gasteiger partial charge on any atom is 0.343 e. The number of nitrogens with zero attached hydrogens (tertiary/aromatic N) is 1. The Morgan fingerprint density at radius 1 is 1.03 bits per heavy atom. The van der Waals surface area contributed by atoms with Crippen molar-refractivity contribution in [1.29, 1.82) is 0 Å². The van der Waals surface area contributed by atoms with E-state index in [0.717, 1.165) is 25.7 Å². The van der Waals surface area contributed by atoms with Crippen molar-refractivity contribution in [3.05, 3.63) is 59.7 Å². The third kappa shape index (κ3) is 4.08. The standard InChI is InChI=1S/C27H31NO4/c1-5-27(3,4)19-10-12-21(13-11-19)32-26(31)18-7-6-8-20(16-18)28-24(29)22-14-9-17(2)15-23(22)25(28)30/h6-8,10-13,16-17,22-23H,5,9,14-15H2,1-4H3. The summed E-state index contributed by atoms with van der Waals surface area (Å²) in [4.78, 5) is 40.0. The van der Waals surface area contributed by atoms with Gasteiger partial charge >= 0.3 is 5.97 Å². The zero-order valence-electron chi connectivity index (χ0n) is 19.3. The topological polar surface area (TPSA) is 63.7 Å². The average Bonchev–Trinajstić information content (AvgIpc) is 3.03. The molecule has 2 amide bonds. The van der Waals surface area contributed by atoms with Crippen molar-refractivity contribution in [1.82, 2.24) is 0 Å². The predicted octanol–water partition coefficient (Wildman–Crippen LogP) is 5.52. The van der Waals surface area contributed by atoms with Crippen molar-refractivity contribution in [2.45, 2.75) is 58.8 Å². The molecular weight excluding hydrogens is 402 g/mol. The number of anilines is 1. The molecule has 0 spiro atoms. The highest BCUT2D eigenvalue weighted by Crippen LogP contribution is 2.42. The van der Waals surface area contributed by atoms with E-state index in [9.17, 15) is 14.4 Å². The Hall–Kier alpha value is -2.95. The highest BCUT2D eigenvalue weighted by molar-refractivity contribution is 6.22. The number of fused-ring (bicyclic) bond motifs is 1. The fourth-order valence-corrected chi connectivity index (χ4v) is 4.76. The lowest BCUT2D eigenvalue weighted by atomic mass is 9.76. The zero-order valence-corrected chi connectivity index (χ0v) is 19.3. The first-order valence-corrected chi connectivity index (χ1v) is 11.5. The van der Waals surface area contributed by atoms with E-state index in [1.54, 1.807) is 36.4 Å². The molecular formula is C27H31NO4. The molecule has 32 heavy (non-hydrogen) atoms. The van der Waals surface area contributed by atoms with E-state index in [0.29, 0.717) is 22.9 Å². The van der Waals surface area contributed by atoms with Crippen molar-refractivity contribution < 1.29 is 19.1 Å². The van der Waals surface area contributed by atoms with Crippen LogP contribution in [0.3, 0.4) is 0 Å². The fraction of sp³-hybridized carbons (Fsp3) is 0.444. The molecule has 2 aromatic rings. The molecule has 5 nitrogen and oxygen atoms in total. The molecule has 2 fully saturated rings. The Kier molecular flexibility index (Phi) is 5.93. The molecule has 1 aliphatic carbocycles. The van der Waals surface area contributed by atoms with Crippen LogP contribution in [0.4, 0.5) is 5.69 Å². The molecule has 1 saturated heterocycles. The minimum absolute atomic E-state index is 0.0562. The van der Waals surface area contributed by atoms with Gasteiger partial charge in [0.2, 0.25) is 11.8 Å². The summed E-state index contributed by atoms with van der Waals surface area (Å²) in [5, 5.41) is 0. The van der Waals surface area contributed by atoms with Crippen LogP contribution in [0.1, 0.15) is 69.3 Å². The first kappa shape index (κ1) is 22.3. The number of ether oxygens (including phenoxy) is 1. The number of hydrogen-bond acceptors (Lipinski definition) is 4.